The predicted octanol–water partition coefficient (Wildman–Crippen LogP) is 0.195. The van der Waals surface area contributed by atoms with E-state index in [1.54, 1.807) is 0 Å². The smallest absolute Gasteiger partial charge is 0.0753 e. The van der Waals surface area contributed by atoms with Crippen LogP contribution in [-0.4, -0.2) is 54.0 Å². The van der Waals surface area contributed by atoms with Gasteiger partial charge in [-0.05, 0) is 20.3 Å². The number of aliphatic hydroxyl groups excluding tert-OH is 1. The molecule has 1 fully saturated rings. The van der Waals surface area contributed by atoms with Gasteiger partial charge in [0, 0.05) is 25.2 Å². The van der Waals surface area contributed by atoms with E-state index in [2.05, 4.69) is 25.7 Å². The second-order valence-corrected chi connectivity index (χ2v) is 4.90. The third kappa shape index (κ3) is 3.41. The van der Waals surface area contributed by atoms with E-state index in [1.165, 1.54) is 0 Å². The van der Waals surface area contributed by atoms with Crippen LogP contribution in [0.25, 0.3) is 0 Å². The first-order chi connectivity index (χ1) is 7.00. The van der Waals surface area contributed by atoms with Crippen molar-refractivity contribution in [2.75, 3.05) is 26.3 Å². The van der Waals surface area contributed by atoms with Crippen LogP contribution in [0.1, 0.15) is 27.2 Å². The Morgan fingerprint density at radius 1 is 1.53 bits per heavy atom. The number of nitrogens with two attached hydrogens (primary N) is 1. The van der Waals surface area contributed by atoms with Crippen molar-refractivity contribution in [1.29, 1.82) is 0 Å². The number of hydrogen-bond donors (Lipinski definition) is 2. The molecule has 3 N–H and O–H groups in total. The summed E-state index contributed by atoms with van der Waals surface area (Å²) >= 11 is 0. The molecule has 1 saturated heterocycles. The van der Waals surface area contributed by atoms with Crippen LogP contribution < -0.4 is 5.73 Å². The zero-order valence-corrected chi connectivity index (χ0v) is 10.1. The van der Waals surface area contributed by atoms with Crippen LogP contribution in [0.5, 0.6) is 0 Å². The lowest BCUT2D eigenvalue weighted by Gasteiger charge is -2.43. The van der Waals surface area contributed by atoms with Crippen molar-refractivity contribution in [2.45, 2.75) is 44.9 Å². The van der Waals surface area contributed by atoms with E-state index in [9.17, 15) is 5.11 Å². The fraction of sp³-hybridized carbons (Fsp3) is 1.00. The Kier molecular flexibility index (Phi) is 4.52. The fourth-order valence-corrected chi connectivity index (χ4v) is 2.13. The van der Waals surface area contributed by atoms with Gasteiger partial charge < -0.3 is 15.6 Å². The Morgan fingerprint density at radius 2 is 2.20 bits per heavy atom. The minimum Gasteiger partial charge on any atom is -0.395 e. The molecule has 2 unspecified atom stereocenters. The van der Waals surface area contributed by atoms with E-state index < -0.39 is 0 Å². The second-order valence-electron chi connectivity index (χ2n) is 4.90. The maximum Gasteiger partial charge on any atom is 0.0753 e. The van der Waals surface area contributed by atoms with Crippen molar-refractivity contribution in [1.82, 2.24) is 4.90 Å². The van der Waals surface area contributed by atoms with E-state index in [-0.39, 0.29) is 24.3 Å². The number of nitrogens with zero attached hydrogens (tertiary/aromatic N) is 1. The summed E-state index contributed by atoms with van der Waals surface area (Å²) in [6, 6.07) is 0.113. The molecule has 4 nitrogen and oxygen atoms in total. The molecule has 1 aliphatic rings. The van der Waals surface area contributed by atoms with E-state index >= 15 is 0 Å². The molecule has 1 rings (SSSR count). The third-order valence-corrected chi connectivity index (χ3v) is 3.08. The third-order valence-electron chi connectivity index (χ3n) is 3.08. The summed E-state index contributed by atoms with van der Waals surface area (Å²) in [4.78, 5) is 2.25. The topological polar surface area (TPSA) is 58.7 Å². The van der Waals surface area contributed by atoms with Crippen molar-refractivity contribution < 1.29 is 9.84 Å². The quantitative estimate of drug-likeness (QED) is 0.704. The van der Waals surface area contributed by atoms with Crippen LogP contribution in [0.3, 0.4) is 0 Å². The summed E-state index contributed by atoms with van der Waals surface area (Å²) in [5.41, 5.74) is 5.88. The van der Waals surface area contributed by atoms with Crippen molar-refractivity contribution >= 4 is 0 Å². The van der Waals surface area contributed by atoms with E-state index in [0.29, 0.717) is 0 Å². The summed E-state index contributed by atoms with van der Waals surface area (Å²) in [7, 11) is 0. The summed E-state index contributed by atoms with van der Waals surface area (Å²) in [5, 5.41) is 9.39. The van der Waals surface area contributed by atoms with Gasteiger partial charge >= 0.3 is 0 Å². The maximum absolute atomic E-state index is 9.39. The molecule has 1 aliphatic heterocycles. The summed E-state index contributed by atoms with van der Waals surface area (Å²) < 4.78 is 5.64. The van der Waals surface area contributed by atoms with Gasteiger partial charge in [-0.2, -0.15) is 0 Å². The molecular formula is C11H24N2O2. The van der Waals surface area contributed by atoms with Gasteiger partial charge in [-0.3, -0.25) is 4.90 Å². The molecule has 90 valence electrons. The molecule has 0 amide bonds. The largest absolute Gasteiger partial charge is 0.395 e. The van der Waals surface area contributed by atoms with Crippen molar-refractivity contribution in [3.8, 4) is 0 Å². The van der Waals surface area contributed by atoms with Crippen LogP contribution in [0.2, 0.25) is 0 Å². The Morgan fingerprint density at radius 3 is 2.67 bits per heavy atom. The molecule has 0 radical (unpaired) electrons. The summed E-state index contributed by atoms with van der Waals surface area (Å²) in [6.45, 7) is 8.76. The number of morpholine rings is 1. The lowest BCUT2D eigenvalue weighted by Crippen LogP contribution is -2.58. The molecule has 0 spiro atoms. The number of hydrogen-bond acceptors (Lipinski definition) is 4. The van der Waals surface area contributed by atoms with Gasteiger partial charge in [-0.15, -0.1) is 0 Å². The first-order valence-electron chi connectivity index (χ1n) is 5.74. The highest BCUT2D eigenvalue weighted by Gasteiger charge is 2.32. The maximum atomic E-state index is 9.39. The first kappa shape index (κ1) is 12.9. The Hall–Kier alpha value is -0.160. The zero-order valence-electron chi connectivity index (χ0n) is 10.1. The van der Waals surface area contributed by atoms with Crippen LogP contribution in [0.15, 0.2) is 0 Å². The average molecular weight is 216 g/mol. The lowest BCUT2D eigenvalue weighted by molar-refractivity contribution is -0.104. The standard InChI is InChI=1S/C11H24N2O2/c1-4-9(12)10(7-14)13-5-6-15-11(2,3)8-13/h9-10,14H,4-8,12H2,1-3H3. The van der Waals surface area contributed by atoms with Crippen molar-refractivity contribution in [3.63, 3.8) is 0 Å². The number of aliphatic hydroxyl groups is 1. The normalized spacial score (nSPS) is 26.2. The van der Waals surface area contributed by atoms with Crippen LogP contribution in [0, 0.1) is 0 Å². The van der Waals surface area contributed by atoms with Gasteiger partial charge in [0.25, 0.3) is 0 Å². The van der Waals surface area contributed by atoms with Crippen molar-refractivity contribution in [3.05, 3.63) is 0 Å². The molecule has 15 heavy (non-hydrogen) atoms. The highest BCUT2D eigenvalue weighted by molar-refractivity contribution is 4.87. The molecule has 1 heterocycles. The predicted molar refractivity (Wildman–Crippen MR) is 60.7 cm³/mol. The minimum absolute atomic E-state index is 0.0453. The molecular weight excluding hydrogens is 192 g/mol. The average Bonchev–Trinajstić information content (AvgIpc) is 2.17. The molecule has 0 bridgehead atoms. The molecule has 4 heteroatoms. The van der Waals surface area contributed by atoms with E-state index in [1.807, 2.05) is 0 Å². The number of rotatable bonds is 4. The lowest BCUT2D eigenvalue weighted by atomic mass is 10.0. The number of ether oxygens (including phenoxy) is 1. The van der Waals surface area contributed by atoms with Crippen LogP contribution in [-0.2, 0) is 4.74 Å². The van der Waals surface area contributed by atoms with Crippen molar-refractivity contribution in [2.24, 2.45) is 5.73 Å². The second kappa shape index (κ2) is 5.25. The Bertz CT molecular complexity index is 197. The SMILES string of the molecule is CCC(N)C(CO)N1CCOC(C)(C)C1. The Labute approximate surface area is 92.4 Å². The van der Waals surface area contributed by atoms with E-state index in [4.69, 9.17) is 10.5 Å². The van der Waals surface area contributed by atoms with Gasteiger partial charge in [0.1, 0.15) is 0 Å². The highest BCUT2D eigenvalue weighted by atomic mass is 16.5. The van der Waals surface area contributed by atoms with Crippen LogP contribution >= 0.6 is 0 Å². The van der Waals surface area contributed by atoms with Gasteiger partial charge in [-0.1, -0.05) is 6.92 Å². The molecule has 0 saturated carbocycles. The van der Waals surface area contributed by atoms with Gasteiger partial charge in [-0.25, -0.2) is 0 Å². The molecule has 0 aromatic carbocycles. The minimum atomic E-state index is -0.126. The van der Waals surface area contributed by atoms with Crippen LogP contribution in [0.4, 0.5) is 0 Å². The zero-order chi connectivity index (χ0) is 11.5. The Balaban J connectivity index is 2.60. The molecule has 0 aromatic rings. The van der Waals surface area contributed by atoms with Gasteiger partial charge in [0.05, 0.1) is 18.8 Å². The monoisotopic (exact) mass is 216 g/mol. The first-order valence-corrected chi connectivity index (χ1v) is 5.74. The van der Waals surface area contributed by atoms with E-state index in [0.717, 1.165) is 26.1 Å². The molecule has 0 aromatic heterocycles. The highest BCUT2D eigenvalue weighted by Crippen LogP contribution is 2.19. The molecule has 2 atom stereocenters. The summed E-state index contributed by atoms with van der Waals surface area (Å²) in [6.07, 6.45) is 0.892. The van der Waals surface area contributed by atoms with Gasteiger partial charge in [0.15, 0.2) is 0 Å². The molecule has 0 aliphatic carbocycles. The van der Waals surface area contributed by atoms with Gasteiger partial charge in [0.2, 0.25) is 0 Å². The fourth-order valence-electron chi connectivity index (χ4n) is 2.13. The summed E-state index contributed by atoms with van der Waals surface area (Å²) in [5.74, 6) is 0.